The van der Waals surface area contributed by atoms with Crippen molar-refractivity contribution in [3.8, 4) is 11.3 Å². The van der Waals surface area contributed by atoms with Crippen molar-refractivity contribution in [2.24, 2.45) is 0 Å². The number of carbonyl (C=O) groups is 1. The fourth-order valence-electron chi connectivity index (χ4n) is 4.76. The van der Waals surface area contributed by atoms with Gasteiger partial charge in [0.05, 0.1) is 39.9 Å². The van der Waals surface area contributed by atoms with E-state index in [1.165, 1.54) is 0 Å². The smallest absolute Gasteiger partial charge is 0.254 e. The van der Waals surface area contributed by atoms with Gasteiger partial charge in [-0.25, -0.2) is 18.1 Å². The molecule has 0 N–H and O–H groups in total. The lowest BCUT2D eigenvalue weighted by Crippen LogP contribution is -2.47. The molecule has 0 radical (unpaired) electrons. The van der Waals surface area contributed by atoms with E-state index in [0.29, 0.717) is 42.1 Å². The maximum Gasteiger partial charge on any atom is 0.254 e. The molecule has 1 amide bonds. The first-order valence-electron chi connectivity index (χ1n) is 11.4. The fraction of sp³-hybridized carbons (Fsp3) is 0.458. The monoisotopic (exact) mass is 467 g/mol. The number of fused-ring (bicyclic) bond motifs is 1. The largest absolute Gasteiger partial charge is 0.336 e. The van der Waals surface area contributed by atoms with E-state index in [1.54, 1.807) is 4.68 Å². The third-order valence-corrected chi connectivity index (χ3v) is 8.51. The van der Waals surface area contributed by atoms with Crippen LogP contribution in [0, 0.1) is 13.8 Å². The van der Waals surface area contributed by atoms with E-state index in [2.05, 4.69) is 11.9 Å². The molecule has 9 heteroatoms. The molecule has 5 rings (SSSR count). The number of hydrogen-bond donors (Lipinski definition) is 0. The zero-order valence-corrected chi connectivity index (χ0v) is 20.1. The molecule has 2 fully saturated rings. The molecule has 0 unspecified atom stereocenters. The van der Waals surface area contributed by atoms with Crippen molar-refractivity contribution < 1.29 is 13.2 Å². The van der Waals surface area contributed by atoms with Crippen LogP contribution in [0.5, 0.6) is 0 Å². The van der Waals surface area contributed by atoms with Gasteiger partial charge in [0.25, 0.3) is 5.91 Å². The predicted molar refractivity (Wildman–Crippen MR) is 128 cm³/mol. The zero-order valence-electron chi connectivity index (χ0n) is 19.3. The Balaban J connectivity index is 1.67. The van der Waals surface area contributed by atoms with E-state index >= 15 is 0 Å². The van der Waals surface area contributed by atoms with E-state index in [4.69, 9.17) is 10.1 Å². The minimum atomic E-state index is -3.09. The molecule has 4 heterocycles. The van der Waals surface area contributed by atoms with Gasteiger partial charge in [0.2, 0.25) is 0 Å². The number of benzene rings is 1. The molecule has 0 saturated carbocycles. The van der Waals surface area contributed by atoms with Crippen molar-refractivity contribution in [3.63, 3.8) is 0 Å². The molecule has 1 atom stereocenters. The molecule has 0 bridgehead atoms. The third-order valence-electron chi connectivity index (χ3n) is 6.76. The van der Waals surface area contributed by atoms with E-state index in [9.17, 15) is 13.2 Å². The van der Waals surface area contributed by atoms with E-state index < -0.39 is 9.84 Å². The number of hydrogen-bond acceptors (Lipinski definition) is 6. The Morgan fingerprint density at radius 1 is 1.06 bits per heavy atom. The summed E-state index contributed by atoms with van der Waals surface area (Å²) in [5.41, 5.74) is 4.64. The van der Waals surface area contributed by atoms with Gasteiger partial charge in [-0.05, 0) is 33.4 Å². The minimum absolute atomic E-state index is 0.0226. The molecular formula is C24H29N5O3S. The van der Waals surface area contributed by atoms with Crippen LogP contribution in [-0.2, 0) is 9.84 Å². The van der Waals surface area contributed by atoms with Crippen molar-refractivity contribution in [1.82, 2.24) is 24.6 Å². The predicted octanol–water partition coefficient (Wildman–Crippen LogP) is 2.46. The maximum absolute atomic E-state index is 13.7. The van der Waals surface area contributed by atoms with Crippen LogP contribution in [0.4, 0.5) is 0 Å². The molecule has 33 heavy (non-hydrogen) atoms. The number of nitrogens with zero attached hydrogens (tertiary/aromatic N) is 5. The number of likely N-dealkylation sites (N-methyl/N-ethyl adjacent to an activating group) is 1. The quantitative estimate of drug-likeness (QED) is 0.588. The van der Waals surface area contributed by atoms with Crippen LogP contribution < -0.4 is 0 Å². The summed E-state index contributed by atoms with van der Waals surface area (Å²) in [4.78, 5) is 22.7. The Morgan fingerprint density at radius 3 is 2.39 bits per heavy atom. The lowest BCUT2D eigenvalue weighted by molar-refractivity contribution is 0.0666. The molecule has 0 aliphatic carbocycles. The van der Waals surface area contributed by atoms with Crippen LogP contribution in [-0.4, -0.2) is 83.6 Å². The van der Waals surface area contributed by atoms with Crippen LogP contribution in [0.1, 0.15) is 34.1 Å². The van der Waals surface area contributed by atoms with E-state index in [0.717, 1.165) is 29.6 Å². The van der Waals surface area contributed by atoms with Gasteiger partial charge >= 0.3 is 0 Å². The first kappa shape index (κ1) is 22.0. The van der Waals surface area contributed by atoms with Gasteiger partial charge in [-0.2, -0.15) is 5.10 Å². The highest BCUT2D eigenvalue weighted by Crippen LogP contribution is 2.32. The zero-order chi connectivity index (χ0) is 23.3. The topological polar surface area (TPSA) is 88.4 Å². The Labute approximate surface area is 194 Å². The molecule has 3 aromatic rings. The summed E-state index contributed by atoms with van der Waals surface area (Å²) in [6.45, 7) is 6.92. The summed E-state index contributed by atoms with van der Waals surface area (Å²) in [5.74, 6) is 0.190. The molecule has 2 saturated heterocycles. The minimum Gasteiger partial charge on any atom is -0.336 e. The van der Waals surface area contributed by atoms with Gasteiger partial charge in [0, 0.05) is 31.7 Å². The van der Waals surface area contributed by atoms with Crippen molar-refractivity contribution in [2.45, 2.75) is 26.3 Å². The Hall–Kier alpha value is -2.78. The molecule has 8 nitrogen and oxygen atoms in total. The second-order valence-electron chi connectivity index (χ2n) is 9.30. The highest BCUT2D eigenvalue weighted by Gasteiger charge is 2.33. The van der Waals surface area contributed by atoms with Gasteiger partial charge in [-0.15, -0.1) is 0 Å². The summed E-state index contributed by atoms with van der Waals surface area (Å²) in [7, 11) is -1.03. The summed E-state index contributed by atoms with van der Waals surface area (Å²) in [6.07, 6.45) is 0.511. The summed E-state index contributed by atoms with van der Waals surface area (Å²) in [5, 5.41) is 5.42. The number of pyridine rings is 1. The fourth-order valence-corrected chi connectivity index (χ4v) is 6.45. The first-order chi connectivity index (χ1) is 15.7. The molecule has 2 aliphatic heterocycles. The van der Waals surface area contributed by atoms with Crippen LogP contribution >= 0.6 is 0 Å². The lowest BCUT2D eigenvalue weighted by Gasteiger charge is -2.32. The number of aryl methyl sites for hydroxylation is 2. The number of carbonyl (C=O) groups excluding carboxylic acids is 1. The SMILES string of the molecule is Cc1ccc(-c2cc(C(=O)N3CCN(C)CC3)c3c(C)nn([C@@H]4CCS(=O)(=O)C4)c3n2)cc1. The highest BCUT2D eigenvalue weighted by molar-refractivity contribution is 7.91. The summed E-state index contributed by atoms with van der Waals surface area (Å²) < 4.78 is 26.1. The van der Waals surface area contributed by atoms with Gasteiger partial charge < -0.3 is 9.80 Å². The van der Waals surface area contributed by atoms with Crippen molar-refractivity contribution in [1.29, 1.82) is 0 Å². The molecular weight excluding hydrogens is 438 g/mol. The van der Waals surface area contributed by atoms with Gasteiger partial charge in [-0.1, -0.05) is 29.8 Å². The molecule has 1 aromatic carbocycles. The lowest BCUT2D eigenvalue weighted by atomic mass is 10.0. The van der Waals surface area contributed by atoms with Crippen LogP contribution in [0.15, 0.2) is 30.3 Å². The number of sulfone groups is 1. The number of piperazine rings is 1. The van der Waals surface area contributed by atoms with E-state index in [1.807, 2.05) is 49.1 Å². The van der Waals surface area contributed by atoms with Crippen LogP contribution in [0.3, 0.4) is 0 Å². The van der Waals surface area contributed by atoms with E-state index in [-0.39, 0.29) is 23.5 Å². The Bertz CT molecular complexity index is 1320. The Kier molecular flexibility index (Phi) is 5.49. The van der Waals surface area contributed by atoms with Gasteiger partial charge in [0.1, 0.15) is 0 Å². The molecule has 2 aromatic heterocycles. The second-order valence-corrected chi connectivity index (χ2v) is 11.5. The highest BCUT2D eigenvalue weighted by atomic mass is 32.2. The van der Waals surface area contributed by atoms with Crippen molar-refractivity contribution in [3.05, 3.63) is 47.2 Å². The standard InChI is InChI=1S/C24H29N5O3S/c1-16-4-6-18(7-5-16)21-14-20(24(30)28-11-9-27(3)10-12-28)22-17(2)26-29(23(22)25-21)19-8-13-33(31,32)15-19/h4-7,14,19H,8-13,15H2,1-3H3/t19-/m1/s1. The summed E-state index contributed by atoms with van der Waals surface area (Å²) in [6, 6.07) is 9.66. The number of aromatic nitrogens is 3. The molecule has 174 valence electrons. The summed E-state index contributed by atoms with van der Waals surface area (Å²) >= 11 is 0. The molecule has 2 aliphatic rings. The van der Waals surface area contributed by atoms with Crippen molar-refractivity contribution in [2.75, 3.05) is 44.7 Å². The average molecular weight is 468 g/mol. The maximum atomic E-state index is 13.7. The molecule has 0 spiro atoms. The second kappa shape index (κ2) is 8.22. The number of amides is 1. The number of rotatable bonds is 3. The van der Waals surface area contributed by atoms with Crippen LogP contribution in [0.2, 0.25) is 0 Å². The Morgan fingerprint density at radius 2 is 1.76 bits per heavy atom. The van der Waals surface area contributed by atoms with Gasteiger partial charge in [-0.3, -0.25) is 4.79 Å². The van der Waals surface area contributed by atoms with Gasteiger partial charge in [0.15, 0.2) is 15.5 Å². The normalized spacial score (nSPS) is 21.1. The third kappa shape index (κ3) is 4.15. The van der Waals surface area contributed by atoms with Crippen molar-refractivity contribution >= 4 is 26.8 Å². The average Bonchev–Trinajstić information content (AvgIpc) is 3.32. The first-order valence-corrected chi connectivity index (χ1v) is 13.2. The van der Waals surface area contributed by atoms with Crippen LogP contribution in [0.25, 0.3) is 22.3 Å².